The topological polar surface area (TPSA) is 50.4 Å². The van der Waals surface area contributed by atoms with Crippen LogP contribution in [-0.2, 0) is 4.79 Å². The molecule has 0 heterocycles. The monoisotopic (exact) mass is 374 g/mol. The van der Waals surface area contributed by atoms with E-state index in [1.54, 1.807) is 12.1 Å². The first-order valence-electron chi connectivity index (χ1n) is 7.01. The van der Waals surface area contributed by atoms with E-state index in [1.807, 2.05) is 0 Å². The summed E-state index contributed by atoms with van der Waals surface area (Å²) in [6.45, 7) is -0.307. The maximum atomic E-state index is 13.6. The predicted octanol–water partition coefficient (Wildman–Crippen LogP) is 4.34. The van der Waals surface area contributed by atoms with E-state index < -0.39 is 29.0 Å². The van der Waals surface area contributed by atoms with Gasteiger partial charge in [-0.25, -0.2) is 8.78 Å². The van der Waals surface area contributed by atoms with Crippen molar-refractivity contribution in [3.8, 4) is 5.75 Å². The number of amides is 1. The fourth-order valence-electron chi connectivity index (χ4n) is 2.00. The minimum atomic E-state index is -2.62. The van der Waals surface area contributed by atoms with Crippen LogP contribution in [0.15, 0.2) is 41.3 Å². The quantitative estimate of drug-likeness (QED) is 0.559. The molecular weight excluding hydrogens is 360 g/mol. The molecule has 0 atom stereocenters. The Balaban J connectivity index is 2.00. The summed E-state index contributed by atoms with van der Waals surface area (Å²) < 4.78 is 56.7. The number of rotatable bonds is 7. The summed E-state index contributed by atoms with van der Waals surface area (Å²) in [6, 6.07) is 8.06. The lowest BCUT2D eigenvalue weighted by atomic mass is 10.2. The first-order chi connectivity index (χ1) is 11.9. The van der Waals surface area contributed by atoms with Crippen molar-refractivity contribution in [2.24, 2.45) is 0 Å². The van der Waals surface area contributed by atoms with Crippen LogP contribution in [0.5, 0.6) is 5.75 Å². The van der Waals surface area contributed by atoms with Gasteiger partial charge in [-0.1, -0.05) is 23.9 Å². The van der Waals surface area contributed by atoms with Gasteiger partial charge in [0.1, 0.15) is 0 Å². The Hall–Kier alpha value is -2.42. The summed E-state index contributed by atoms with van der Waals surface area (Å²) >= 11 is 0.308. The van der Waals surface area contributed by atoms with Crippen LogP contribution in [0.1, 0.15) is 0 Å². The molecule has 0 saturated heterocycles. The molecule has 134 valence electrons. The van der Waals surface area contributed by atoms with Gasteiger partial charge in [0.15, 0.2) is 17.4 Å². The molecule has 2 aromatic carbocycles. The van der Waals surface area contributed by atoms with Gasteiger partial charge < -0.3 is 15.4 Å². The van der Waals surface area contributed by atoms with Gasteiger partial charge in [-0.05, 0) is 12.1 Å². The largest absolute Gasteiger partial charge is 0.491 e. The van der Waals surface area contributed by atoms with Crippen LogP contribution in [-0.4, -0.2) is 25.3 Å². The maximum Gasteiger partial charge on any atom is 0.288 e. The minimum absolute atomic E-state index is 0.0428. The number of thioether (sulfide) groups is 1. The third kappa shape index (κ3) is 5.28. The standard InChI is InChI=1S/C16H14F4N2O2S/c1-24-15-10(17)6-9(7-11(15)18)21-8-14(23)22-12-4-2-3-5-13(12)25-16(19)20/h2-7,16,21H,8H2,1H3,(H,22,23). The summed E-state index contributed by atoms with van der Waals surface area (Å²) in [5.74, 6) is -5.53. The lowest BCUT2D eigenvalue weighted by molar-refractivity contribution is -0.114. The molecule has 0 bridgehead atoms. The van der Waals surface area contributed by atoms with E-state index in [-0.39, 0.29) is 22.8 Å². The summed E-state index contributed by atoms with van der Waals surface area (Å²) in [5, 5.41) is 5.03. The summed E-state index contributed by atoms with van der Waals surface area (Å²) in [5.41, 5.74) is 0.271. The number of hydrogen-bond acceptors (Lipinski definition) is 4. The van der Waals surface area contributed by atoms with Crippen LogP contribution in [0, 0.1) is 11.6 Å². The van der Waals surface area contributed by atoms with Crippen LogP contribution in [0.3, 0.4) is 0 Å². The Kier molecular flexibility index (Phi) is 6.51. The molecule has 2 aromatic rings. The zero-order chi connectivity index (χ0) is 18.4. The highest BCUT2D eigenvalue weighted by molar-refractivity contribution is 7.99. The van der Waals surface area contributed by atoms with E-state index >= 15 is 0 Å². The number of nitrogens with one attached hydrogen (secondary N) is 2. The van der Waals surface area contributed by atoms with Gasteiger partial charge in [0.05, 0.1) is 19.3 Å². The van der Waals surface area contributed by atoms with Crippen molar-refractivity contribution >= 4 is 29.0 Å². The van der Waals surface area contributed by atoms with Crippen molar-refractivity contribution in [3.63, 3.8) is 0 Å². The van der Waals surface area contributed by atoms with Crippen molar-refractivity contribution in [1.29, 1.82) is 0 Å². The second-order valence-electron chi connectivity index (χ2n) is 4.75. The Bertz CT molecular complexity index is 736. The van der Waals surface area contributed by atoms with Crippen molar-refractivity contribution in [2.45, 2.75) is 10.7 Å². The second kappa shape index (κ2) is 8.61. The number of carbonyl (C=O) groups is 1. The molecule has 9 heteroatoms. The van der Waals surface area contributed by atoms with Gasteiger partial charge >= 0.3 is 0 Å². The molecule has 2 rings (SSSR count). The minimum Gasteiger partial charge on any atom is -0.491 e. The lowest BCUT2D eigenvalue weighted by Gasteiger charge is -2.12. The van der Waals surface area contributed by atoms with E-state index in [9.17, 15) is 22.4 Å². The molecule has 0 aliphatic rings. The van der Waals surface area contributed by atoms with Crippen molar-refractivity contribution in [3.05, 3.63) is 48.0 Å². The first-order valence-corrected chi connectivity index (χ1v) is 7.89. The van der Waals surface area contributed by atoms with Crippen LogP contribution in [0.4, 0.5) is 28.9 Å². The van der Waals surface area contributed by atoms with Gasteiger partial charge in [-0.2, -0.15) is 8.78 Å². The fourth-order valence-corrected chi connectivity index (χ4v) is 2.60. The molecule has 4 nitrogen and oxygen atoms in total. The van der Waals surface area contributed by atoms with Crippen molar-refractivity contribution < 1.29 is 27.1 Å². The number of benzene rings is 2. The molecule has 0 radical (unpaired) electrons. The van der Waals surface area contributed by atoms with Crippen LogP contribution >= 0.6 is 11.8 Å². The normalized spacial score (nSPS) is 10.6. The number of para-hydroxylation sites is 1. The number of methoxy groups -OCH3 is 1. The van der Waals surface area contributed by atoms with Crippen LogP contribution in [0.2, 0.25) is 0 Å². The molecule has 0 aliphatic heterocycles. The fraction of sp³-hybridized carbons (Fsp3) is 0.188. The van der Waals surface area contributed by atoms with Crippen LogP contribution < -0.4 is 15.4 Å². The molecule has 0 saturated carbocycles. The SMILES string of the molecule is COc1c(F)cc(NCC(=O)Nc2ccccc2SC(F)F)cc1F. The number of anilines is 2. The van der Waals surface area contributed by atoms with Gasteiger partial charge in [0.2, 0.25) is 5.91 Å². The van der Waals surface area contributed by atoms with Gasteiger partial charge in [0.25, 0.3) is 5.76 Å². The highest BCUT2D eigenvalue weighted by Crippen LogP contribution is 2.31. The Morgan fingerprint density at radius 2 is 1.84 bits per heavy atom. The number of alkyl halides is 2. The summed E-state index contributed by atoms with van der Waals surface area (Å²) in [6.07, 6.45) is 0. The van der Waals surface area contributed by atoms with E-state index in [0.717, 1.165) is 19.2 Å². The highest BCUT2D eigenvalue weighted by atomic mass is 32.2. The highest BCUT2D eigenvalue weighted by Gasteiger charge is 2.14. The van der Waals surface area contributed by atoms with E-state index in [2.05, 4.69) is 15.4 Å². The summed E-state index contributed by atoms with van der Waals surface area (Å²) in [4.78, 5) is 12.1. The van der Waals surface area contributed by atoms with E-state index in [1.165, 1.54) is 12.1 Å². The molecule has 2 N–H and O–H groups in total. The van der Waals surface area contributed by atoms with Gasteiger partial charge in [-0.15, -0.1) is 0 Å². The maximum absolute atomic E-state index is 13.6. The third-order valence-corrected chi connectivity index (χ3v) is 3.82. The molecule has 1 amide bonds. The average Bonchev–Trinajstić information content (AvgIpc) is 2.54. The molecule has 0 aliphatic carbocycles. The van der Waals surface area contributed by atoms with Gasteiger partial charge in [-0.3, -0.25) is 4.79 Å². The number of hydrogen-bond donors (Lipinski definition) is 2. The zero-order valence-electron chi connectivity index (χ0n) is 13.0. The number of carbonyl (C=O) groups excluding carboxylic acids is 1. The third-order valence-electron chi connectivity index (χ3n) is 3.03. The molecule has 0 spiro atoms. The molecule has 0 fully saturated rings. The average molecular weight is 374 g/mol. The van der Waals surface area contributed by atoms with E-state index in [4.69, 9.17) is 0 Å². The van der Waals surface area contributed by atoms with Crippen molar-refractivity contribution in [2.75, 3.05) is 24.3 Å². The molecule has 25 heavy (non-hydrogen) atoms. The van der Waals surface area contributed by atoms with Gasteiger partial charge in [0, 0.05) is 22.7 Å². The van der Waals surface area contributed by atoms with E-state index in [0.29, 0.717) is 11.8 Å². The predicted molar refractivity (Wildman–Crippen MR) is 88.3 cm³/mol. The van der Waals surface area contributed by atoms with Crippen LogP contribution in [0.25, 0.3) is 0 Å². The Morgan fingerprint density at radius 1 is 1.20 bits per heavy atom. The lowest BCUT2D eigenvalue weighted by Crippen LogP contribution is -2.22. The Labute approximate surface area is 145 Å². The second-order valence-corrected chi connectivity index (χ2v) is 5.78. The van der Waals surface area contributed by atoms with Crippen molar-refractivity contribution in [1.82, 2.24) is 0 Å². The zero-order valence-corrected chi connectivity index (χ0v) is 13.8. The molecule has 0 aromatic heterocycles. The number of halogens is 4. The first kappa shape index (κ1) is 18.9. The molecule has 0 unspecified atom stereocenters. The number of ether oxygens (including phenoxy) is 1. The molecular formula is C16H14F4N2O2S. The smallest absolute Gasteiger partial charge is 0.288 e. The Morgan fingerprint density at radius 3 is 2.44 bits per heavy atom. The summed E-state index contributed by atoms with van der Waals surface area (Å²) in [7, 11) is 1.14.